The number of aliphatic carboxylic acids is 1. The zero-order valence-electron chi connectivity index (χ0n) is 11.7. The molecule has 1 aromatic carbocycles. The van der Waals surface area contributed by atoms with Crippen LogP contribution in [-0.4, -0.2) is 28.6 Å². The molecule has 0 spiro atoms. The Balaban J connectivity index is 3.25. The molecule has 3 heteroatoms. The fraction of sp³-hybridized carbons (Fsp3) is 0.533. The summed E-state index contributed by atoms with van der Waals surface area (Å²) in [4.78, 5) is 13.8. The van der Waals surface area contributed by atoms with Gasteiger partial charge in [-0.25, -0.2) is 4.79 Å². The molecule has 18 heavy (non-hydrogen) atoms. The first-order valence-electron chi connectivity index (χ1n) is 6.50. The van der Waals surface area contributed by atoms with Gasteiger partial charge in [0.15, 0.2) is 0 Å². The summed E-state index contributed by atoms with van der Waals surface area (Å²) in [6, 6.07) is 9.65. The molecular formula is C15H23NO2. The summed E-state index contributed by atoms with van der Waals surface area (Å²) in [6.45, 7) is 8.72. The van der Waals surface area contributed by atoms with Crippen molar-refractivity contribution in [3.05, 3.63) is 35.9 Å². The standard InChI is InChI=1S/C15H23NO2/c1-5-11-16(12(2)3)15(4,14(17)18)13-9-7-6-8-10-13/h6-10,12H,5,11H2,1-4H3,(H,17,18). The van der Waals surface area contributed by atoms with Crippen molar-refractivity contribution < 1.29 is 9.90 Å². The third-order valence-electron chi connectivity index (χ3n) is 3.41. The van der Waals surface area contributed by atoms with Gasteiger partial charge < -0.3 is 5.11 Å². The second-order valence-electron chi connectivity index (χ2n) is 5.03. The molecule has 1 rings (SSSR count). The van der Waals surface area contributed by atoms with Crippen molar-refractivity contribution in [1.29, 1.82) is 0 Å². The second-order valence-corrected chi connectivity index (χ2v) is 5.03. The van der Waals surface area contributed by atoms with E-state index in [-0.39, 0.29) is 6.04 Å². The molecule has 1 aromatic rings. The number of benzene rings is 1. The molecule has 0 saturated carbocycles. The lowest BCUT2D eigenvalue weighted by atomic mass is 9.88. The summed E-state index contributed by atoms with van der Waals surface area (Å²) in [5.74, 6) is -0.796. The Morgan fingerprint density at radius 1 is 1.33 bits per heavy atom. The maximum absolute atomic E-state index is 11.8. The molecule has 0 saturated heterocycles. The number of carboxylic acids is 1. The fourth-order valence-corrected chi connectivity index (χ4v) is 2.41. The van der Waals surface area contributed by atoms with Crippen LogP contribution in [0, 0.1) is 0 Å². The first-order valence-corrected chi connectivity index (χ1v) is 6.50. The van der Waals surface area contributed by atoms with Crippen LogP contribution in [-0.2, 0) is 10.3 Å². The summed E-state index contributed by atoms with van der Waals surface area (Å²) in [6.07, 6.45) is 0.938. The predicted molar refractivity (Wildman–Crippen MR) is 73.6 cm³/mol. The summed E-state index contributed by atoms with van der Waals surface area (Å²) in [5.41, 5.74) is -0.134. The average molecular weight is 249 g/mol. The van der Waals surface area contributed by atoms with Crippen LogP contribution in [0.3, 0.4) is 0 Å². The van der Waals surface area contributed by atoms with Gasteiger partial charge in [0.05, 0.1) is 0 Å². The van der Waals surface area contributed by atoms with Crippen molar-refractivity contribution in [2.24, 2.45) is 0 Å². The van der Waals surface area contributed by atoms with Gasteiger partial charge in [-0.2, -0.15) is 0 Å². The molecule has 0 heterocycles. The van der Waals surface area contributed by atoms with Gasteiger partial charge in [0.1, 0.15) is 5.54 Å². The molecule has 0 radical (unpaired) electrons. The maximum Gasteiger partial charge on any atom is 0.328 e. The molecule has 100 valence electrons. The Bertz CT molecular complexity index is 389. The van der Waals surface area contributed by atoms with E-state index in [4.69, 9.17) is 0 Å². The number of carboxylic acid groups (broad SMARTS) is 1. The van der Waals surface area contributed by atoms with Gasteiger partial charge >= 0.3 is 5.97 Å². The monoisotopic (exact) mass is 249 g/mol. The van der Waals surface area contributed by atoms with Gasteiger partial charge in [0.2, 0.25) is 0 Å². The highest BCUT2D eigenvalue weighted by Crippen LogP contribution is 2.30. The molecule has 0 bridgehead atoms. The number of carbonyl (C=O) groups is 1. The molecule has 0 aliphatic carbocycles. The maximum atomic E-state index is 11.8. The molecule has 1 N–H and O–H groups in total. The average Bonchev–Trinajstić information content (AvgIpc) is 2.35. The van der Waals surface area contributed by atoms with Gasteiger partial charge in [-0.15, -0.1) is 0 Å². The normalized spacial score (nSPS) is 14.8. The Labute approximate surface area is 109 Å². The Morgan fingerprint density at radius 2 is 1.89 bits per heavy atom. The molecule has 0 aliphatic heterocycles. The molecule has 0 aromatic heterocycles. The van der Waals surface area contributed by atoms with E-state index in [2.05, 4.69) is 6.92 Å². The van der Waals surface area contributed by atoms with Crippen molar-refractivity contribution in [3.63, 3.8) is 0 Å². The van der Waals surface area contributed by atoms with Gasteiger partial charge in [-0.1, -0.05) is 37.3 Å². The van der Waals surface area contributed by atoms with Gasteiger partial charge in [0, 0.05) is 6.04 Å². The molecule has 0 aliphatic rings. The molecule has 1 unspecified atom stereocenters. The summed E-state index contributed by atoms with van der Waals surface area (Å²) < 4.78 is 0. The van der Waals surface area contributed by atoms with Crippen LogP contribution in [0.1, 0.15) is 39.7 Å². The van der Waals surface area contributed by atoms with Crippen LogP contribution in [0.4, 0.5) is 0 Å². The fourth-order valence-electron chi connectivity index (χ4n) is 2.41. The van der Waals surface area contributed by atoms with Gasteiger partial charge in [-0.05, 0) is 39.3 Å². The van der Waals surface area contributed by atoms with E-state index < -0.39 is 11.5 Å². The quantitative estimate of drug-likeness (QED) is 0.842. The van der Waals surface area contributed by atoms with Crippen molar-refractivity contribution in [2.45, 2.75) is 45.7 Å². The first kappa shape index (κ1) is 14.7. The summed E-state index contributed by atoms with van der Waals surface area (Å²) in [7, 11) is 0. The Morgan fingerprint density at radius 3 is 2.28 bits per heavy atom. The van der Waals surface area contributed by atoms with Gasteiger partial charge in [0.25, 0.3) is 0 Å². The van der Waals surface area contributed by atoms with Crippen LogP contribution in [0.2, 0.25) is 0 Å². The summed E-state index contributed by atoms with van der Waals surface area (Å²) >= 11 is 0. The van der Waals surface area contributed by atoms with E-state index in [0.29, 0.717) is 0 Å². The largest absolute Gasteiger partial charge is 0.480 e. The van der Waals surface area contributed by atoms with Crippen LogP contribution in [0.5, 0.6) is 0 Å². The smallest absolute Gasteiger partial charge is 0.328 e. The summed E-state index contributed by atoms with van der Waals surface area (Å²) in [5, 5.41) is 9.69. The number of hydrogen-bond acceptors (Lipinski definition) is 2. The van der Waals surface area contributed by atoms with Crippen LogP contribution < -0.4 is 0 Å². The van der Waals surface area contributed by atoms with Crippen molar-refractivity contribution in [3.8, 4) is 0 Å². The van der Waals surface area contributed by atoms with Gasteiger partial charge in [-0.3, -0.25) is 4.90 Å². The third kappa shape index (κ3) is 2.72. The van der Waals surface area contributed by atoms with Crippen LogP contribution in [0.25, 0.3) is 0 Å². The van der Waals surface area contributed by atoms with E-state index in [9.17, 15) is 9.90 Å². The zero-order chi connectivity index (χ0) is 13.8. The molecule has 1 atom stereocenters. The third-order valence-corrected chi connectivity index (χ3v) is 3.41. The minimum atomic E-state index is -0.967. The predicted octanol–water partition coefficient (Wildman–Crippen LogP) is 3.11. The minimum Gasteiger partial charge on any atom is -0.480 e. The Kier molecular flexibility index (Phi) is 4.91. The van der Waals surface area contributed by atoms with E-state index in [0.717, 1.165) is 18.5 Å². The molecular weight excluding hydrogens is 226 g/mol. The molecule has 0 amide bonds. The molecule has 0 fully saturated rings. The zero-order valence-corrected chi connectivity index (χ0v) is 11.7. The lowest BCUT2D eigenvalue weighted by Crippen LogP contribution is -2.53. The highest BCUT2D eigenvalue weighted by Gasteiger charge is 2.41. The van der Waals surface area contributed by atoms with E-state index in [1.165, 1.54) is 0 Å². The van der Waals surface area contributed by atoms with Crippen LogP contribution >= 0.6 is 0 Å². The minimum absolute atomic E-state index is 0.186. The first-order chi connectivity index (χ1) is 8.44. The van der Waals surface area contributed by atoms with Crippen molar-refractivity contribution >= 4 is 5.97 Å². The number of nitrogens with zero attached hydrogens (tertiary/aromatic N) is 1. The molecule has 3 nitrogen and oxygen atoms in total. The highest BCUT2D eigenvalue weighted by atomic mass is 16.4. The lowest BCUT2D eigenvalue weighted by Gasteiger charge is -2.41. The lowest BCUT2D eigenvalue weighted by molar-refractivity contribution is -0.153. The second kappa shape index (κ2) is 6.01. The van der Waals surface area contributed by atoms with Crippen molar-refractivity contribution in [1.82, 2.24) is 4.90 Å². The highest BCUT2D eigenvalue weighted by molar-refractivity contribution is 5.80. The Hall–Kier alpha value is -1.35. The topological polar surface area (TPSA) is 40.5 Å². The van der Waals surface area contributed by atoms with Crippen LogP contribution in [0.15, 0.2) is 30.3 Å². The van der Waals surface area contributed by atoms with E-state index in [1.807, 2.05) is 49.1 Å². The van der Waals surface area contributed by atoms with Crippen molar-refractivity contribution in [2.75, 3.05) is 6.54 Å². The number of rotatable bonds is 6. The SMILES string of the molecule is CCCN(C(C)C)C(C)(C(=O)O)c1ccccc1. The van der Waals surface area contributed by atoms with E-state index in [1.54, 1.807) is 6.92 Å². The number of hydrogen-bond donors (Lipinski definition) is 1. The van der Waals surface area contributed by atoms with E-state index >= 15 is 0 Å².